The first-order valence-electron chi connectivity index (χ1n) is 5.43. The summed E-state index contributed by atoms with van der Waals surface area (Å²) in [7, 11) is 0. The first kappa shape index (κ1) is 15.1. The molecule has 0 heterocycles. The molecule has 0 saturated heterocycles. The molecule has 0 aliphatic carbocycles. The summed E-state index contributed by atoms with van der Waals surface area (Å²) < 4.78 is 4.76. The maximum Gasteiger partial charge on any atom is 0.302 e. The first-order chi connectivity index (χ1) is 7.23. The molecule has 16 heavy (non-hydrogen) atoms. The number of carbonyl (C=O) groups excluding carboxylic acids is 1. The number of esters is 1. The van der Waals surface area contributed by atoms with Crippen molar-refractivity contribution in [1.29, 1.82) is 0 Å². The Labute approximate surface area is 96.9 Å². The summed E-state index contributed by atoms with van der Waals surface area (Å²) in [5.74, 6) is -0.305. The van der Waals surface area contributed by atoms with Crippen LogP contribution in [-0.4, -0.2) is 34.5 Å². The summed E-state index contributed by atoms with van der Waals surface area (Å²) in [6.45, 7) is 6.69. The zero-order valence-electron chi connectivity index (χ0n) is 10.5. The van der Waals surface area contributed by atoms with Crippen molar-refractivity contribution in [2.75, 3.05) is 6.61 Å². The summed E-state index contributed by atoms with van der Waals surface area (Å²) in [6, 6.07) is 0. The van der Waals surface area contributed by atoms with E-state index in [1.54, 1.807) is 19.9 Å². The van der Waals surface area contributed by atoms with Crippen LogP contribution in [0.1, 0.15) is 40.5 Å². The van der Waals surface area contributed by atoms with E-state index < -0.39 is 11.7 Å². The Bertz CT molecular complexity index is 250. The molecule has 4 heteroatoms. The summed E-state index contributed by atoms with van der Waals surface area (Å²) >= 11 is 0. The van der Waals surface area contributed by atoms with Crippen LogP contribution in [0, 0.1) is 0 Å². The molecule has 0 radical (unpaired) electrons. The van der Waals surface area contributed by atoms with Gasteiger partial charge in [0.2, 0.25) is 0 Å². The third-order valence-corrected chi connectivity index (χ3v) is 2.35. The smallest absolute Gasteiger partial charge is 0.302 e. The van der Waals surface area contributed by atoms with Gasteiger partial charge in [0.1, 0.15) is 6.61 Å². The highest BCUT2D eigenvalue weighted by atomic mass is 16.5. The number of rotatable bonds is 6. The minimum Gasteiger partial charge on any atom is -0.462 e. The lowest BCUT2D eigenvalue weighted by Gasteiger charge is -2.24. The van der Waals surface area contributed by atoms with Crippen molar-refractivity contribution in [3.8, 4) is 0 Å². The second-order valence-corrected chi connectivity index (χ2v) is 4.56. The molecule has 0 unspecified atom stereocenters. The van der Waals surface area contributed by atoms with E-state index in [9.17, 15) is 15.0 Å². The van der Waals surface area contributed by atoms with Gasteiger partial charge < -0.3 is 14.9 Å². The van der Waals surface area contributed by atoms with E-state index in [0.717, 1.165) is 5.57 Å². The average molecular weight is 230 g/mol. The molecule has 0 bridgehead atoms. The van der Waals surface area contributed by atoms with E-state index in [4.69, 9.17) is 4.74 Å². The highest BCUT2D eigenvalue weighted by Gasteiger charge is 2.23. The highest BCUT2D eigenvalue weighted by Crippen LogP contribution is 2.16. The molecule has 0 aromatic heterocycles. The van der Waals surface area contributed by atoms with Crippen molar-refractivity contribution < 1.29 is 19.7 Å². The SMILES string of the molecule is CC(=O)OC/C=C(\C)CC[C@@H](O)C(C)(C)O. The molecule has 4 nitrogen and oxygen atoms in total. The number of carbonyl (C=O) groups is 1. The number of aliphatic hydroxyl groups excluding tert-OH is 1. The van der Waals surface area contributed by atoms with Gasteiger partial charge in [0.15, 0.2) is 0 Å². The topological polar surface area (TPSA) is 66.8 Å². The van der Waals surface area contributed by atoms with Crippen molar-refractivity contribution in [2.45, 2.75) is 52.2 Å². The third-order valence-electron chi connectivity index (χ3n) is 2.35. The highest BCUT2D eigenvalue weighted by molar-refractivity contribution is 5.66. The minimum absolute atomic E-state index is 0.264. The number of allylic oxidation sites excluding steroid dienone is 1. The molecule has 0 aromatic carbocycles. The minimum atomic E-state index is -1.07. The second kappa shape index (κ2) is 6.66. The van der Waals surface area contributed by atoms with Gasteiger partial charge in [-0.05, 0) is 39.7 Å². The second-order valence-electron chi connectivity index (χ2n) is 4.56. The lowest BCUT2D eigenvalue weighted by Crippen LogP contribution is -2.35. The van der Waals surface area contributed by atoms with Crippen LogP contribution in [0.4, 0.5) is 0 Å². The van der Waals surface area contributed by atoms with Gasteiger partial charge in [0.25, 0.3) is 0 Å². The number of ether oxygens (including phenoxy) is 1. The fourth-order valence-corrected chi connectivity index (χ4v) is 1.12. The van der Waals surface area contributed by atoms with E-state index in [-0.39, 0.29) is 12.6 Å². The quantitative estimate of drug-likeness (QED) is 0.535. The Hall–Kier alpha value is -0.870. The van der Waals surface area contributed by atoms with Crippen molar-refractivity contribution in [3.63, 3.8) is 0 Å². The molecular formula is C12H22O4. The predicted octanol–water partition coefficient (Wildman–Crippen LogP) is 1.41. The van der Waals surface area contributed by atoms with Crippen LogP contribution < -0.4 is 0 Å². The maximum atomic E-state index is 10.5. The van der Waals surface area contributed by atoms with Crippen molar-refractivity contribution in [1.82, 2.24) is 0 Å². The van der Waals surface area contributed by atoms with E-state index in [1.807, 2.05) is 6.92 Å². The van der Waals surface area contributed by atoms with Gasteiger partial charge in [0.05, 0.1) is 11.7 Å². The molecule has 1 atom stereocenters. The van der Waals surface area contributed by atoms with Gasteiger partial charge >= 0.3 is 5.97 Å². The van der Waals surface area contributed by atoms with Crippen molar-refractivity contribution >= 4 is 5.97 Å². The Morgan fingerprint density at radius 1 is 1.44 bits per heavy atom. The van der Waals surface area contributed by atoms with Crippen LogP contribution >= 0.6 is 0 Å². The van der Waals surface area contributed by atoms with Crippen LogP contribution in [-0.2, 0) is 9.53 Å². The summed E-state index contributed by atoms with van der Waals surface area (Å²) in [6.07, 6.45) is 2.22. The molecule has 0 fully saturated rings. The molecule has 0 amide bonds. The van der Waals surface area contributed by atoms with Gasteiger partial charge in [0, 0.05) is 6.92 Å². The maximum absolute atomic E-state index is 10.5. The predicted molar refractivity (Wildman–Crippen MR) is 61.9 cm³/mol. The van der Waals surface area contributed by atoms with Gasteiger partial charge in [-0.2, -0.15) is 0 Å². The zero-order valence-corrected chi connectivity index (χ0v) is 10.5. The average Bonchev–Trinajstić information content (AvgIpc) is 2.11. The Morgan fingerprint density at radius 2 is 2.00 bits per heavy atom. The standard InChI is InChI=1S/C12H22O4/c1-9(7-8-16-10(2)13)5-6-11(14)12(3,4)15/h7,11,14-15H,5-6,8H2,1-4H3/b9-7+/t11-/m1/s1. The first-order valence-corrected chi connectivity index (χ1v) is 5.43. The third kappa shape index (κ3) is 7.43. The van der Waals surface area contributed by atoms with E-state index >= 15 is 0 Å². The molecular weight excluding hydrogens is 208 g/mol. The van der Waals surface area contributed by atoms with Crippen LogP contribution in [0.3, 0.4) is 0 Å². The van der Waals surface area contributed by atoms with Gasteiger partial charge in [-0.25, -0.2) is 0 Å². The van der Waals surface area contributed by atoms with Gasteiger partial charge in [-0.3, -0.25) is 4.79 Å². The lowest BCUT2D eigenvalue weighted by atomic mass is 9.96. The van der Waals surface area contributed by atoms with E-state index in [2.05, 4.69) is 0 Å². The molecule has 0 aliphatic heterocycles. The monoisotopic (exact) mass is 230 g/mol. The van der Waals surface area contributed by atoms with Gasteiger partial charge in [-0.1, -0.05) is 5.57 Å². The number of hydrogen-bond acceptors (Lipinski definition) is 4. The molecule has 0 aliphatic rings. The summed E-state index contributed by atoms with van der Waals surface area (Å²) in [4.78, 5) is 10.5. The molecule has 0 aromatic rings. The summed E-state index contributed by atoms with van der Waals surface area (Å²) in [5.41, 5.74) is -0.0413. The largest absolute Gasteiger partial charge is 0.462 e. The van der Waals surface area contributed by atoms with Crippen LogP contribution in [0.25, 0.3) is 0 Å². The van der Waals surface area contributed by atoms with Gasteiger partial charge in [-0.15, -0.1) is 0 Å². The summed E-state index contributed by atoms with van der Waals surface area (Å²) in [5, 5.41) is 19.1. The number of aliphatic hydroxyl groups is 2. The molecule has 2 N–H and O–H groups in total. The normalized spacial score (nSPS) is 14.8. The molecule has 0 spiro atoms. The van der Waals surface area contributed by atoms with Crippen molar-refractivity contribution in [3.05, 3.63) is 11.6 Å². The Balaban J connectivity index is 3.88. The Morgan fingerprint density at radius 3 is 2.44 bits per heavy atom. The molecule has 0 saturated carbocycles. The fourth-order valence-electron chi connectivity index (χ4n) is 1.12. The zero-order chi connectivity index (χ0) is 12.8. The van der Waals surface area contributed by atoms with Crippen molar-refractivity contribution in [2.24, 2.45) is 0 Å². The van der Waals surface area contributed by atoms with E-state index in [0.29, 0.717) is 12.8 Å². The number of hydrogen-bond donors (Lipinski definition) is 2. The van der Waals surface area contributed by atoms with E-state index in [1.165, 1.54) is 6.92 Å². The van der Waals surface area contributed by atoms with Crippen LogP contribution in [0.5, 0.6) is 0 Å². The van der Waals surface area contributed by atoms with Crippen LogP contribution in [0.15, 0.2) is 11.6 Å². The molecule has 94 valence electrons. The fraction of sp³-hybridized carbons (Fsp3) is 0.750. The molecule has 0 rings (SSSR count). The van der Waals surface area contributed by atoms with Crippen LogP contribution in [0.2, 0.25) is 0 Å². The lowest BCUT2D eigenvalue weighted by molar-refractivity contribution is -0.139. The Kier molecular flexibility index (Phi) is 6.29.